The molecule has 9 atom stereocenters. The lowest BCUT2D eigenvalue weighted by atomic mass is 9.94. The van der Waals surface area contributed by atoms with Crippen LogP contribution in [-0.4, -0.2) is 145 Å². The van der Waals surface area contributed by atoms with Crippen molar-refractivity contribution in [1.82, 2.24) is 35.4 Å². The lowest BCUT2D eigenvalue weighted by Crippen LogP contribution is -2.60. The van der Waals surface area contributed by atoms with Crippen LogP contribution in [0.2, 0.25) is 0 Å². The molecule has 3 rings (SSSR count). The highest BCUT2D eigenvalue weighted by Crippen LogP contribution is 2.26. The maximum absolute atomic E-state index is 15.2. The number of para-hydroxylation sites is 1. The van der Waals surface area contributed by atoms with Gasteiger partial charge in [0.05, 0.1) is 12.6 Å². The van der Waals surface area contributed by atoms with Crippen LogP contribution < -0.4 is 20.8 Å². The quantitative estimate of drug-likeness (QED) is 0.0952. The average Bonchev–Trinajstić information content (AvgIpc) is 3.73. The predicted octanol–water partition coefficient (Wildman–Crippen LogP) is 6.16. The number of rotatable bonds is 21. The highest BCUT2D eigenvalue weighted by Gasteiger charge is 2.41. The number of esters is 2. The van der Waals surface area contributed by atoms with Crippen molar-refractivity contribution in [2.75, 3.05) is 35.4 Å². The zero-order valence-corrected chi connectivity index (χ0v) is 46.9. The van der Waals surface area contributed by atoms with Crippen molar-refractivity contribution < 1.29 is 52.7 Å². The fourth-order valence-electron chi connectivity index (χ4n) is 9.49. The van der Waals surface area contributed by atoms with Gasteiger partial charge in [-0.1, -0.05) is 118 Å². The third kappa shape index (κ3) is 18.2. The molecule has 0 bridgehead atoms. The number of carbonyl (C=O) groups excluding carboxylic acids is 8. The number of hydrogen-bond donors (Lipinski definition) is 3. The highest BCUT2D eigenvalue weighted by atomic mass is 16.6. The van der Waals surface area contributed by atoms with Crippen molar-refractivity contribution in [2.24, 2.45) is 23.7 Å². The van der Waals surface area contributed by atoms with E-state index < -0.39 is 89.7 Å². The van der Waals surface area contributed by atoms with Gasteiger partial charge >= 0.3 is 11.9 Å². The lowest BCUT2D eigenvalue weighted by molar-refractivity contribution is -0.163. The molecule has 0 spiro atoms. The summed E-state index contributed by atoms with van der Waals surface area (Å²) in [7, 11) is 7.20. The first kappa shape index (κ1) is 62.4. The van der Waals surface area contributed by atoms with Crippen molar-refractivity contribution in [2.45, 2.75) is 188 Å². The molecule has 6 amide bonds. The van der Waals surface area contributed by atoms with E-state index in [2.05, 4.69) is 29.8 Å². The van der Waals surface area contributed by atoms with Gasteiger partial charge in [-0.05, 0) is 80.8 Å². The number of hydrogen-bond acceptors (Lipinski definition) is 11. The van der Waals surface area contributed by atoms with Gasteiger partial charge in [-0.25, -0.2) is 9.59 Å². The average molecular weight is 1040 g/mol. The molecule has 9 unspecified atom stereocenters. The monoisotopic (exact) mass is 1040 g/mol. The molecule has 3 N–H and O–H groups in total. The second kappa shape index (κ2) is 30.4. The normalized spacial score (nSPS) is 23.4. The van der Waals surface area contributed by atoms with Gasteiger partial charge in [0.1, 0.15) is 43.4 Å². The smallest absolute Gasteiger partial charge is 0.330 e. The minimum absolute atomic E-state index is 0.0132. The van der Waals surface area contributed by atoms with Gasteiger partial charge < -0.3 is 45.0 Å². The summed E-state index contributed by atoms with van der Waals surface area (Å²) in [6, 6.07) is 0.412. The molecule has 1 aromatic heterocycles. The Morgan fingerprint density at radius 3 is 1.72 bits per heavy atom. The Hall–Kier alpha value is -5.94. The molecule has 0 aliphatic carbocycles. The van der Waals surface area contributed by atoms with Gasteiger partial charge in [0.25, 0.3) is 5.91 Å². The molecule has 1 aromatic carbocycles. The molecule has 1 aliphatic heterocycles. The Balaban J connectivity index is 2.34. The predicted molar refractivity (Wildman–Crippen MR) is 285 cm³/mol. The summed E-state index contributed by atoms with van der Waals surface area (Å²) < 4.78 is 12.3. The van der Waals surface area contributed by atoms with E-state index in [1.807, 2.05) is 65.8 Å². The summed E-state index contributed by atoms with van der Waals surface area (Å²) in [6.45, 7) is 17.2. The first-order valence-corrected chi connectivity index (χ1v) is 26.8. The fourth-order valence-corrected chi connectivity index (χ4v) is 9.49. The van der Waals surface area contributed by atoms with Crippen LogP contribution in [-0.2, 0) is 54.3 Å². The lowest BCUT2D eigenvalue weighted by Gasteiger charge is -2.35. The van der Waals surface area contributed by atoms with Crippen molar-refractivity contribution in [1.29, 1.82) is 0 Å². The molecular weight excluding hydrogens is 947 g/mol. The SMILES string of the molecule is CCCCC(C)CC1NC(=O)C(Cc2cn(OC)c3ccccc23)N(C)C(=O)C(CC(C)C)NC(=O)C(CC(C)C)N(C)C(=O)C(CC(C)CCCC)NC(=O)C(CC/C=C/C(=O)OC)OC(=O)C(C)N(C)C1=O. The Bertz CT molecular complexity index is 2220. The number of nitrogens with one attached hydrogen (secondary N) is 3. The number of carbonyl (C=O) groups is 8. The molecule has 2 aromatic rings. The van der Waals surface area contributed by atoms with Gasteiger partial charge in [0.2, 0.25) is 29.5 Å². The van der Waals surface area contributed by atoms with Crippen LogP contribution in [0.1, 0.15) is 145 Å². The number of aromatic nitrogens is 1. The number of ether oxygens (including phenoxy) is 2. The third-order valence-electron chi connectivity index (χ3n) is 14.1. The van der Waals surface area contributed by atoms with Crippen LogP contribution in [0, 0.1) is 23.7 Å². The Morgan fingerprint density at radius 2 is 1.19 bits per heavy atom. The molecule has 18 nitrogen and oxygen atoms in total. The minimum atomic E-state index is -1.49. The summed E-state index contributed by atoms with van der Waals surface area (Å²) in [5.74, 6) is -5.58. The first-order chi connectivity index (χ1) is 35.0. The van der Waals surface area contributed by atoms with E-state index in [0.717, 1.165) is 49.4 Å². The van der Waals surface area contributed by atoms with Crippen LogP contribution in [0.4, 0.5) is 0 Å². The molecular formula is C56H89N7O11. The number of likely N-dealkylation sites (N-methyl/N-ethyl adjacent to an activating group) is 3. The number of methoxy groups -OCH3 is 1. The van der Waals surface area contributed by atoms with Gasteiger partial charge in [0, 0.05) is 45.2 Å². The van der Waals surface area contributed by atoms with Crippen molar-refractivity contribution >= 4 is 58.3 Å². The molecule has 18 heteroatoms. The minimum Gasteiger partial charge on any atom is -0.466 e. The number of cyclic esters (lactones) is 1. The van der Waals surface area contributed by atoms with E-state index in [1.54, 1.807) is 10.9 Å². The molecule has 74 heavy (non-hydrogen) atoms. The molecule has 0 saturated carbocycles. The van der Waals surface area contributed by atoms with E-state index in [-0.39, 0.29) is 68.6 Å². The van der Waals surface area contributed by atoms with Gasteiger partial charge in [-0.15, -0.1) is 0 Å². The van der Waals surface area contributed by atoms with Crippen molar-refractivity contribution in [3.63, 3.8) is 0 Å². The Morgan fingerprint density at radius 1 is 0.689 bits per heavy atom. The van der Waals surface area contributed by atoms with E-state index >= 15 is 9.59 Å². The molecule has 414 valence electrons. The number of unbranched alkanes of at least 4 members (excludes halogenated alkanes) is 2. The zero-order chi connectivity index (χ0) is 55.4. The van der Waals surface area contributed by atoms with Crippen LogP contribution in [0.5, 0.6) is 0 Å². The van der Waals surface area contributed by atoms with Crippen LogP contribution in [0.15, 0.2) is 42.6 Å². The van der Waals surface area contributed by atoms with Gasteiger partial charge in [-0.2, -0.15) is 4.73 Å². The summed E-state index contributed by atoms with van der Waals surface area (Å²) in [5, 5.41) is 9.66. The van der Waals surface area contributed by atoms with E-state index in [9.17, 15) is 28.8 Å². The number of amides is 6. The van der Waals surface area contributed by atoms with Crippen LogP contribution in [0.3, 0.4) is 0 Å². The second-order valence-electron chi connectivity index (χ2n) is 21.3. The summed E-state index contributed by atoms with van der Waals surface area (Å²) in [6.07, 6.45) is 8.77. The van der Waals surface area contributed by atoms with E-state index in [0.29, 0.717) is 5.56 Å². The molecule has 1 saturated heterocycles. The van der Waals surface area contributed by atoms with Crippen molar-refractivity contribution in [3.8, 4) is 0 Å². The molecule has 1 fully saturated rings. The van der Waals surface area contributed by atoms with Gasteiger partial charge in [0.15, 0.2) is 6.10 Å². The number of nitrogens with zero attached hydrogens (tertiary/aromatic N) is 4. The number of benzene rings is 1. The highest BCUT2D eigenvalue weighted by molar-refractivity contribution is 5.98. The summed E-state index contributed by atoms with van der Waals surface area (Å²) in [4.78, 5) is 125. The topological polar surface area (TPSA) is 215 Å². The van der Waals surface area contributed by atoms with Crippen molar-refractivity contribution in [3.05, 3.63) is 48.2 Å². The molecule has 1 aliphatic rings. The second-order valence-corrected chi connectivity index (χ2v) is 21.3. The molecule has 2 heterocycles. The molecule has 0 radical (unpaired) electrons. The maximum Gasteiger partial charge on any atom is 0.330 e. The zero-order valence-electron chi connectivity index (χ0n) is 46.9. The Kier molecular flexibility index (Phi) is 25.6. The fraction of sp³-hybridized carbons (Fsp3) is 0.679. The van der Waals surface area contributed by atoms with Crippen LogP contribution >= 0.6 is 0 Å². The van der Waals surface area contributed by atoms with Crippen LogP contribution in [0.25, 0.3) is 10.9 Å². The Labute approximate surface area is 440 Å². The van der Waals surface area contributed by atoms with E-state index in [4.69, 9.17) is 14.3 Å². The summed E-state index contributed by atoms with van der Waals surface area (Å²) in [5.41, 5.74) is 1.41. The van der Waals surface area contributed by atoms with E-state index in [1.165, 1.54) is 69.1 Å². The third-order valence-corrected chi connectivity index (χ3v) is 14.1. The number of allylic oxidation sites excluding steroid dienone is 1. The standard InChI is InChI=1S/C56H89N7O11/c1-15-17-23-37(7)31-43-53(68)60(10)39(9)56(71)74-48(27-21-22-28-49(64)72-13)52(67)59-44(32-38(8)24-18-16-2)55(70)61(11)46(30-36(5)6)50(65)57-42(29-35(3)4)54(69)62(12)47(51(66)58-43)33-40-34-63(73-14)45-26-20-19-25-41(40)45/h19-20,22,25-26,28,34-39,42-44,46-48H,15-18,21,23-24,27,29-33H2,1-14H3,(H,57,65)(H,58,66)(H,59,67)/b28-22+. The summed E-state index contributed by atoms with van der Waals surface area (Å²) >= 11 is 0. The number of fused-ring (bicyclic) bond motifs is 1. The largest absolute Gasteiger partial charge is 0.466 e. The van der Waals surface area contributed by atoms with Gasteiger partial charge in [-0.3, -0.25) is 28.8 Å². The maximum atomic E-state index is 15.2. The first-order valence-electron chi connectivity index (χ1n) is 26.8.